The molecule has 0 saturated heterocycles. The highest BCUT2D eigenvalue weighted by Gasteiger charge is 2.26. The van der Waals surface area contributed by atoms with Crippen molar-refractivity contribution in [3.8, 4) is 0 Å². The number of amides is 1. The van der Waals surface area contributed by atoms with Crippen molar-refractivity contribution in [2.75, 3.05) is 0 Å². The van der Waals surface area contributed by atoms with Crippen molar-refractivity contribution in [1.82, 2.24) is 25.1 Å². The lowest BCUT2D eigenvalue weighted by molar-refractivity contribution is -0.119. The lowest BCUT2D eigenvalue weighted by atomic mass is 9.91. The molecular weight excluding hydrogens is 330 g/mol. The molecule has 2 atom stereocenters. The largest absolute Gasteiger partial charge is 0.354 e. The molecule has 140 valence electrons. The van der Waals surface area contributed by atoms with Crippen molar-refractivity contribution in [1.29, 1.82) is 0 Å². The van der Waals surface area contributed by atoms with E-state index in [4.69, 9.17) is 4.98 Å². The molecule has 0 unspecified atom stereocenters. The minimum atomic E-state index is -0.0940. The topological polar surface area (TPSA) is 92.7 Å². The van der Waals surface area contributed by atoms with Crippen LogP contribution in [0.2, 0.25) is 0 Å². The van der Waals surface area contributed by atoms with E-state index in [-0.39, 0.29) is 23.6 Å². The van der Waals surface area contributed by atoms with E-state index in [1.54, 1.807) is 13.1 Å². The molecule has 7 nitrogen and oxygen atoms in total. The van der Waals surface area contributed by atoms with Crippen LogP contribution in [0.4, 0.5) is 0 Å². The fourth-order valence-electron chi connectivity index (χ4n) is 4.64. The Morgan fingerprint density at radius 3 is 2.85 bits per heavy atom. The van der Waals surface area contributed by atoms with Gasteiger partial charge in [0, 0.05) is 19.4 Å². The monoisotopic (exact) mass is 357 g/mol. The number of H-pyrrole nitrogens is 1. The van der Waals surface area contributed by atoms with Crippen LogP contribution in [-0.4, -0.2) is 31.7 Å². The van der Waals surface area contributed by atoms with Crippen LogP contribution in [0.15, 0.2) is 11.0 Å². The molecule has 0 bridgehead atoms. The number of fused-ring (bicyclic) bond motifs is 1. The summed E-state index contributed by atoms with van der Waals surface area (Å²) in [5.41, 5.74) is 0.596. The highest BCUT2D eigenvalue weighted by molar-refractivity contribution is 5.74. The van der Waals surface area contributed by atoms with Gasteiger partial charge in [-0.2, -0.15) is 5.10 Å². The number of hydrogen-bond donors (Lipinski definition) is 2. The SMILES string of the molecule is CC(=O)N[C@H]1CCC[C@@H](n2ncc3c(=O)[nH]c(CC4CCCC4)nc32)C1. The van der Waals surface area contributed by atoms with Gasteiger partial charge in [-0.05, 0) is 31.6 Å². The summed E-state index contributed by atoms with van der Waals surface area (Å²) in [6.07, 6.45) is 11.3. The smallest absolute Gasteiger partial charge is 0.262 e. The van der Waals surface area contributed by atoms with Crippen LogP contribution in [0.25, 0.3) is 11.0 Å². The van der Waals surface area contributed by atoms with Crippen LogP contribution < -0.4 is 10.9 Å². The summed E-state index contributed by atoms with van der Waals surface area (Å²) in [6.45, 7) is 1.56. The molecule has 0 aliphatic heterocycles. The summed E-state index contributed by atoms with van der Waals surface area (Å²) in [5.74, 6) is 1.42. The van der Waals surface area contributed by atoms with Crippen molar-refractivity contribution < 1.29 is 4.79 Å². The van der Waals surface area contributed by atoms with Crippen molar-refractivity contribution >= 4 is 16.9 Å². The van der Waals surface area contributed by atoms with Crippen LogP contribution in [0.3, 0.4) is 0 Å². The molecule has 4 rings (SSSR count). The van der Waals surface area contributed by atoms with E-state index in [1.807, 2.05) is 4.68 Å². The normalized spacial score (nSPS) is 24.2. The predicted molar refractivity (Wildman–Crippen MR) is 98.9 cm³/mol. The molecule has 2 aromatic rings. The summed E-state index contributed by atoms with van der Waals surface area (Å²) >= 11 is 0. The zero-order chi connectivity index (χ0) is 18.1. The Morgan fingerprint density at radius 1 is 1.27 bits per heavy atom. The number of aromatic nitrogens is 4. The lowest BCUT2D eigenvalue weighted by Gasteiger charge is -2.29. The third-order valence-corrected chi connectivity index (χ3v) is 5.87. The quantitative estimate of drug-likeness (QED) is 0.879. The van der Waals surface area contributed by atoms with E-state index in [0.29, 0.717) is 17.0 Å². The van der Waals surface area contributed by atoms with Crippen LogP contribution >= 0.6 is 0 Å². The van der Waals surface area contributed by atoms with Gasteiger partial charge in [0.1, 0.15) is 11.2 Å². The molecule has 0 radical (unpaired) electrons. The zero-order valence-electron chi connectivity index (χ0n) is 15.3. The molecule has 0 aromatic carbocycles. The van der Waals surface area contributed by atoms with Crippen LogP contribution in [0.5, 0.6) is 0 Å². The number of rotatable bonds is 4. The standard InChI is InChI=1S/C19H27N5O2/c1-12(25)21-14-7-4-8-15(10-14)24-18-16(11-20-24)19(26)23-17(22-18)9-13-5-2-3-6-13/h11,13-15H,2-10H2,1H3,(H,21,25)(H,22,23,26)/t14-,15+/m0/s1. The molecule has 2 aliphatic carbocycles. The molecule has 2 fully saturated rings. The van der Waals surface area contributed by atoms with Gasteiger partial charge >= 0.3 is 0 Å². The first-order chi connectivity index (χ1) is 12.6. The van der Waals surface area contributed by atoms with Crippen LogP contribution in [0.1, 0.15) is 70.2 Å². The summed E-state index contributed by atoms with van der Waals surface area (Å²) in [5, 5.41) is 8.07. The Morgan fingerprint density at radius 2 is 2.08 bits per heavy atom. The maximum Gasteiger partial charge on any atom is 0.262 e. The first-order valence-corrected chi connectivity index (χ1v) is 9.83. The van der Waals surface area contributed by atoms with E-state index < -0.39 is 0 Å². The Balaban J connectivity index is 1.61. The predicted octanol–water partition coefficient (Wildman–Crippen LogP) is 2.47. The van der Waals surface area contributed by atoms with Gasteiger partial charge in [-0.3, -0.25) is 9.59 Å². The van der Waals surface area contributed by atoms with Gasteiger partial charge in [-0.1, -0.05) is 25.7 Å². The molecular formula is C19H27N5O2. The summed E-state index contributed by atoms with van der Waals surface area (Å²) in [6, 6.07) is 0.345. The zero-order valence-corrected chi connectivity index (χ0v) is 15.3. The molecule has 2 N–H and O–H groups in total. The first-order valence-electron chi connectivity index (χ1n) is 9.83. The van der Waals surface area contributed by atoms with Gasteiger partial charge in [0.2, 0.25) is 5.91 Å². The Kier molecular flexibility index (Phi) is 4.78. The summed E-state index contributed by atoms with van der Waals surface area (Å²) in [7, 11) is 0. The minimum absolute atomic E-state index is 0.00870. The number of nitrogens with zero attached hydrogens (tertiary/aromatic N) is 3. The molecule has 7 heteroatoms. The van der Waals surface area contributed by atoms with Gasteiger partial charge in [0.15, 0.2) is 5.65 Å². The average Bonchev–Trinajstić information content (AvgIpc) is 3.24. The molecule has 2 aromatic heterocycles. The first kappa shape index (κ1) is 17.2. The maximum absolute atomic E-state index is 12.5. The van der Waals surface area contributed by atoms with E-state index in [0.717, 1.165) is 37.9 Å². The van der Waals surface area contributed by atoms with Crippen LogP contribution in [-0.2, 0) is 11.2 Å². The second-order valence-corrected chi connectivity index (χ2v) is 7.91. The fourth-order valence-corrected chi connectivity index (χ4v) is 4.64. The Labute approximate surface area is 152 Å². The molecule has 26 heavy (non-hydrogen) atoms. The fraction of sp³-hybridized carbons (Fsp3) is 0.684. The molecule has 1 amide bonds. The van der Waals surface area contributed by atoms with Gasteiger partial charge in [0.05, 0.1) is 12.2 Å². The Hall–Kier alpha value is -2.18. The van der Waals surface area contributed by atoms with E-state index in [1.165, 1.54) is 25.7 Å². The summed E-state index contributed by atoms with van der Waals surface area (Å²) < 4.78 is 1.91. The number of nitrogens with one attached hydrogen (secondary N) is 2. The highest BCUT2D eigenvalue weighted by atomic mass is 16.1. The van der Waals surface area contributed by atoms with E-state index in [2.05, 4.69) is 15.4 Å². The lowest BCUT2D eigenvalue weighted by Crippen LogP contribution is -2.37. The highest BCUT2D eigenvalue weighted by Crippen LogP contribution is 2.30. The molecule has 2 heterocycles. The minimum Gasteiger partial charge on any atom is -0.354 e. The summed E-state index contributed by atoms with van der Waals surface area (Å²) in [4.78, 5) is 31.6. The van der Waals surface area contributed by atoms with Crippen molar-refractivity contribution in [3.05, 3.63) is 22.4 Å². The molecule has 0 spiro atoms. The van der Waals surface area contributed by atoms with Gasteiger partial charge < -0.3 is 10.3 Å². The third-order valence-electron chi connectivity index (χ3n) is 5.87. The second-order valence-electron chi connectivity index (χ2n) is 7.91. The van der Waals surface area contributed by atoms with Crippen molar-refractivity contribution in [2.24, 2.45) is 5.92 Å². The van der Waals surface area contributed by atoms with Crippen LogP contribution in [0, 0.1) is 5.92 Å². The number of hydrogen-bond acceptors (Lipinski definition) is 4. The van der Waals surface area contributed by atoms with Crippen molar-refractivity contribution in [3.63, 3.8) is 0 Å². The maximum atomic E-state index is 12.5. The van der Waals surface area contributed by atoms with E-state index >= 15 is 0 Å². The Bertz CT molecular complexity index is 849. The second kappa shape index (κ2) is 7.21. The van der Waals surface area contributed by atoms with E-state index in [9.17, 15) is 9.59 Å². The number of aromatic amines is 1. The average molecular weight is 357 g/mol. The third kappa shape index (κ3) is 3.52. The number of carbonyl (C=O) groups is 1. The van der Waals surface area contributed by atoms with Gasteiger partial charge in [0.25, 0.3) is 5.56 Å². The van der Waals surface area contributed by atoms with Crippen molar-refractivity contribution in [2.45, 2.75) is 76.8 Å². The molecule has 2 aliphatic rings. The van der Waals surface area contributed by atoms with Gasteiger partial charge in [-0.15, -0.1) is 0 Å². The number of carbonyl (C=O) groups excluding carboxylic acids is 1. The molecule has 2 saturated carbocycles. The van der Waals surface area contributed by atoms with Gasteiger partial charge in [-0.25, -0.2) is 9.67 Å².